The number of hydrogen-bond acceptors (Lipinski definition) is 8. The fourth-order valence-corrected chi connectivity index (χ4v) is 2.29. The minimum absolute atomic E-state index is 0.0194. The highest BCUT2D eigenvalue weighted by molar-refractivity contribution is 6.06. The van der Waals surface area contributed by atoms with Crippen LogP contribution in [-0.4, -0.2) is 54.2 Å². The van der Waals surface area contributed by atoms with Crippen LogP contribution in [-0.2, 0) is 33.4 Å². The Balaban J connectivity index is 5.85. The van der Waals surface area contributed by atoms with E-state index in [1.54, 1.807) is 6.92 Å². The molecule has 0 saturated carbocycles. The molecule has 0 aromatic carbocycles. The fourth-order valence-electron chi connectivity index (χ4n) is 2.29. The zero-order valence-corrected chi connectivity index (χ0v) is 15.3. The number of esters is 3. The number of carbonyl (C=O) groups excluding carboxylic acids is 4. The van der Waals surface area contributed by atoms with E-state index in [4.69, 9.17) is 14.2 Å². The van der Waals surface area contributed by atoms with Crippen molar-refractivity contribution < 1.29 is 38.5 Å². The first-order valence-corrected chi connectivity index (χ1v) is 8.52. The van der Waals surface area contributed by atoms with Gasteiger partial charge in [-0.15, -0.1) is 0 Å². The molecule has 0 aromatic heterocycles. The molecule has 0 radical (unpaired) electrons. The lowest BCUT2D eigenvalue weighted by Crippen LogP contribution is -2.55. The Morgan fingerprint density at radius 2 is 1.48 bits per heavy atom. The summed E-state index contributed by atoms with van der Waals surface area (Å²) in [5.74, 6) is -5.74. The number of unbranched alkanes of at least 4 members (excludes halogenated alkanes) is 1. The molecule has 0 aliphatic carbocycles. The molecule has 25 heavy (non-hydrogen) atoms. The van der Waals surface area contributed by atoms with Gasteiger partial charge in [0, 0.05) is 6.42 Å². The van der Waals surface area contributed by atoms with Gasteiger partial charge in [-0.2, -0.15) is 0 Å². The molecule has 0 heterocycles. The molecule has 0 bridgehead atoms. The summed E-state index contributed by atoms with van der Waals surface area (Å²) < 4.78 is 14.4. The van der Waals surface area contributed by atoms with E-state index < -0.39 is 41.6 Å². The number of hydrogen-bond donors (Lipinski definition) is 1. The normalized spacial score (nSPS) is 14.1. The van der Waals surface area contributed by atoms with E-state index in [9.17, 15) is 24.3 Å². The first-order chi connectivity index (χ1) is 11.8. The number of ether oxygens (including phenoxy) is 3. The van der Waals surface area contributed by atoms with Gasteiger partial charge in [-0.1, -0.05) is 13.3 Å². The molecule has 0 rings (SSSR count). The second-order valence-electron chi connectivity index (χ2n) is 5.38. The minimum atomic E-state index is -2.67. The van der Waals surface area contributed by atoms with Crippen molar-refractivity contribution in [3.05, 3.63) is 0 Å². The standard InChI is InChI=1S/C17H28O8/c1-5-9-10-12(18)14(15(20)24-7-3)17(22,16(21)25-8-4)11-13(19)23-6-2/h14,22H,5-11H2,1-4H3. The molecule has 2 atom stereocenters. The van der Waals surface area contributed by atoms with Crippen LogP contribution in [0.4, 0.5) is 0 Å². The molecule has 0 aliphatic heterocycles. The first-order valence-electron chi connectivity index (χ1n) is 8.52. The van der Waals surface area contributed by atoms with Crippen molar-refractivity contribution >= 4 is 23.7 Å². The Labute approximate surface area is 147 Å². The summed E-state index contributed by atoms with van der Waals surface area (Å²) in [7, 11) is 0. The molecule has 0 fully saturated rings. The maximum absolute atomic E-state index is 12.5. The highest BCUT2D eigenvalue weighted by atomic mass is 16.6. The molecular formula is C17H28O8. The van der Waals surface area contributed by atoms with Crippen molar-refractivity contribution in [1.29, 1.82) is 0 Å². The van der Waals surface area contributed by atoms with Crippen molar-refractivity contribution in [2.45, 2.75) is 59.0 Å². The predicted octanol–water partition coefficient (Wildman–Crippen LogP) is 1.17. The molecule has 0 spiro atoms. The topological polar surface area (TPSA) is 116 Å². The third-order valence-corrected chi connectivity index (χ3v) is 3.45. The van der Waals surface area contributed by atoms with Gasteiger partial charge in [-0.3, -0.25) is 14.4 Å². The maximum atomic E-state index is 12.5. The van der Waals surface area contributed by atoms with Gasteiger partial charge in [-0.05, 0) is 27.2 Å². The summed E-state index contributed by atoms with van der Waals surface area (Å²) in [4.78, 5) is 48.9. The van der Waals surface area contributed by atoms with Crippen molar-refractivity contribution in [2.75, 3.05) is 19.8 Å². The Bertz CT molecular complexity index is 473. The van der Waals surface area contributed by atoms with Crippen LogP contribution in [0.15, 0.2) is 0 Å². The largest absolute Gasteiger partial charge is 0.466 e. The van der Waals surface area contributed by atoms with Crippen LogP contribution in [0.2, 0.25) is 0 Å². The lowest BCUT2D eigenvalue weighted by atomic mass is 9.80. The van der Waals surface area contributed by atoms with E-state index in [1.807, 2.05) is 6.92 Å². The molecule has 0 aromatic rings. The number of Topliss-reactive ketones (excluding diaryl/α,β-unsaturated/α-hetero) is 1. The predicted molar refractivity (Wildman–Crippen MR) is 87.5 cm³/mol. The summed E-state index contributed by atoms with van der Waals surface area (Å²) in [6.45, 7) is 6.31. The molecule has 2 unspecified atom stereocenters. The van der Waals surface area contributed by atoms with Gasteiger partial charge in [0.25, 0.3) is 0 Å². The van der Waals surface area contributed by atoms with Crippen molar-refractivity contribution in [2.24, 2.45) is 5.92 Å². The van der Waals surface area contributed by atoms with E-state index in [-0.39, 0.29) is 26.2 Å². The smallest absolute Gasteiger partial charge is 0.340 e. The Hall–Kier alpha value is -1.96. The van der Waals surface area contributed by atoms with Crippen LogP contribution in [0.3, 0.4) is 0 Å². The number of aliphatic hydroxyl groups is 1. The van der Waals surface area contributed by atoms with Gasteiger partial charge in [0.15, 0.2) is 17.3 Å². The average molecular weight is 360 g/mol. The van der Waals surface area contributed by atoms with Gasteiger partial charge in [0.1, 0.15) is 0 Å². The van der Waals surface area contributed by atoms with E-state index in [1.165, 1.54) is 13.8 Å². The van der Waals surface area contributed by atoms with Crippen LogP contribution >= 0.6 is 0 Å². The van der Waals surface area contributed by atoms with Crippen LogP contribution < -0.4 is 0 Å². The highest BCUT2D eigenvalue weighted by Crippen LogP contribution is 2.28. The van der Waals surface area contributed by atoms with Gasteiger partial charge < -0.3 is 19.3 Å². The molecule has 144 valence electrons. The van der Waals surface area contributed by atoms with Crippen LogP contribution in [0.25, 0.3) is 0 Å². The Morgan fingerprint density at radius 1 is 0.920 bits per heavy atom. The van der Waals surface area contributed by atoms with Crippen molar-refractivity contribution in [1.82, 2.24) is 0 Å². The van der Waals surface area contributed by atoms with E-state index in [0.717, 1.165) is 0 Å². The molecule has 0 saturated heterocycles. The summed E-state index contributed by atoms with van der Waals surface area (Å²) >= 11 is 0. The van der Waals surface area contributed by atoms with Gasteiger partial charge in [0.2, 0.25) is 0 Å². The monoisotopic (exact) mass is 360 g/mol. The molecule has 0 aliphatic rings. The van der Waals surface area contributed by atoms with E-state index in [2.05, 4.69) is 0 Å². The van der Waals surface area contributed by atoms with E-state index >= 15 is 0 Å². The molecule has 0 amide bonds. The molecule has 8 nitrogen and oxygen atoms in total. The summed E-state index contributed by atoms with van der Waals surface area (Å²) in [5, 5.41) is 10.8. The quantitative estimate of drug-likeness (QED) is 0.313. The van der Waals surface area contributed by atoms with Crippen molar-refractivity contribution in [3.63, 3.8) is 0 Å². The number of rotatable bonds is 12. The lowest BCUT2D eigenvalue weighted by molar-refractivity contribution is -0.187. The molecule has 8 heteroatoms. The van der Waals surface area contributed by atoms with Gasteiger partial charge in [0.05, 0.1) is 26.2 Å². The van der Waals surface area contributed by atoms with Crippen LogP contribution in [0, 0.1) is 5.92 Å². The zero-order valence-electron chi connectivity index (χ0n) is 15.3. The summed E-state index contributed by atoms with van der Waals surface area (Å²) in [6, 6.07) is 0. The average Bonchev–Trinajstić information content (AvgIpc) is 2.53. The first kappa shape index (κ1) is 23.0. The molecule has 1 N–H and O–H groups in total. The summed E-state index contributed by atoms with van der Waals surface area (Å²) in [5.41, 5.74) is -2.67. The fraction of sp³-hybridized carbons (Fsp3) is 0.765. The van der Waals surface area contributed by atoms with E-state index in [0.29, 0.717) is 12.8 Å². The maximum Gasteiger partial charge on any atom is 0.340 e. The minimum Gasteiger partial charge on any atom is -0.466 e. The number of carbonyl (C=O) groups is 4. The lowest BCUT2D eigenvalue weighted by Gasteiger charge is -2.30. The Kier molecular flexibility index (Phi) is 10.7. The second-order valence-corrected chi connectivity index (χ2v) is 5.38. The second kappa shape index (κ2) is 11.6. The van der Waals surface area contributed by atoms with Gasteiger partial charge in [-0.25, -0.2) is 4.79 Å². The van der Waals surface area contributed by atoms with Gasteiger partial charge >= 0.3 is 17.9 Å². The highest BCUT2D eigenvalue weighted by Gasteiger charge is 2.55. The third-order valence-electron chi connectivity index (χ3n) is 3.45. The summed E-state index contributed by atoms with van der Waals surface area (Å²) in [6.07, 6.45) is 0.232. The Morgan fingerprint density at radius 3 is 1.96 bits per heavy atom. The zero-order chi connectivity index (χ0) is 19.5. The van der Waals surface area contributed by atoms with Crippen LogP contribution in [0.1, 0.15) is 53.4 Å². The van der Waals surface area contributed by atoms with Crippen molar-refractivity contribution in [3.8, 4) is 0 Å². The number of ketones is 1. The van der Waals surface area contributed by atoms with Crippen LogP contribution in [0.5, 0.6) is 0 Å². The molecular weight excluding hydrogens is 332 g/mol. The SMILES string of the molecule is CCCCC(=O)C(C(=O)OCC)C(O)(CC(=O)OCC)C(=O)OCC. The third kappa shape index (κ3) is 6.81.